The van der Waals surface area contributed by atoms with Gasteiger partial charge in [0.25, 0.3) is 5.92 Å². The normalized spacial score (nSPS) is 32.2. The van der Waals surface area contributed by atoms with E-state index in [0.29, 0.717) is 5.75 Å². The number of hydrogen-bond donors (Lipinski definition) is 1. The summed E-state index contributed by atoms with van der Waals surface area (Å²) in [6.45, 7) is 0. The van der Waals surface area contributed by atoms with Crippen LogP contribution >= 0.6 is 0 Å². The van der Waals surface area contributed by atoms with Crippen molar-refractivity contribution in [1.82, 2.24) is 0 Å². The number of ether oxygens (including phenoxy) is 1. The SMILES string of the molecule is COc1ccc(C(F)(F)C23CC(C(=O)O)(C2)C3)cc1. The first-order valence-corrected chi connectivity index (χ1v) is 6.11. The van der Waals surface area contributed by atoms with Gasteiger partial charge in [-0.15, -0.1) is 0 Å². The van der Waals surface area contributed by atoms with Gasteiger partial charge < -0.3 is 9.84 Å². The van der Waals surface area contributed by atoms with Gasteiger partial charge in [-0.25, -0.2) is 8.78 Å². The van der Waals surface area contributed by atoms with Crippen LogP contribution in [0.2, 0.25) is 0 Å². The Bertz CT molecular complexity index is 516. The van der Waals surface area contributed by atoms with Gasteiger partial charge in [-0.3, -0.25) is 4.79 Å². The lowest BCUT2D eigenvalue weighted by Gasteiger charge is -2.70. The van der Waals surface area contributed by atoms with E-state index in [4.69, 9.17) is 9.84 Å². The van der Waals surface area contributed by atoms with Gasteiger partial charge in [-0.1, -0.05) is 0 Å². The van der Waals surface area contributed by atoms with Crippen molar-refractivity contribution in [1.29, 1.82) is 0 Å². The Morgan fingerprint density at radius 3 is 2.21 bits per heavy atom. The minimum Gasteiger partial charge on any atom is -0.497 e. The first kappa shape index (κ1) is 12.4. The average molecular weight is 268 g/mol. The molecule has 0 aliphatic heterocycles. The van der Waals surface area contributed by atoms with Crippen molar-refractivity contribution in [3.8, 4) is 5.75 Å². The van der Waals surface area contributed by atoms with Crippen LogP contribution in [0.1, 0.15) is 24.8 Å². The second-order valence-corrected chi connectivity index (χ2v) is 5.70. The third-order valence-corrected chi connectivity index (χ3v) is 4.60. The average Bonchev–Trinajstić information content (AvgIpc) is 2.24. The summed E-state index contributed by atoms with van der Waals surface area (Å²) in [7, 11) is 1.48. The van der Waals surface area contributed by atoms with Crippen molar-refractivity contribution < 1.29 is 23.4 Å². The molecule has 0 heterocycles. The van der Waals surface area contributed by atoms with Crippen molar-refractivity contribution in [2.45, 2.75) is 25.2 Å². The Kier molecular flexibility index (Phi) is 2.26. The zero-order valence-corrected chi connectivity index (χ0v) is 10.5. The van der Waals surface area contributed by atoms with Gasteiger partial charge in [0.1, 0.15) is 5.75 Å². The number of hydrogen-bond acceptors (Lipinski definition) is 2. The number of methoxy groups -OCH3 is 1. The largest absolute Gasteiger partial charge is 0.497 e. The standard InChI is InChI=1S/C14H14F2O3/c1-19-10-4-2-9(3-5-10)14(15,16)13-6-12(7-13,8-13)11(17)18/h2-5H,6-8H2,1H3,(H,17,18). The number of alkyl halides is 2. The molecule has 0 unspecified atom stereocenters. The fraction of sp³-hybridized carbons (Fsp3) is 0.500. The number of aliphatic carboxylic acids is 1. The maximum Gasteiger partial charge on any atom is 0.309 e. The van der Waals surface area contributed by atoms with Crippen LogP contribution in [0.25, 0.3) is 0 Å². The summed E-state index contributed by atoms with van der Waals surface area (Å²) < 4.78 is 33.9. The number of halogens is 2. The number of carbonyl (C=O) groups is 1. The highest BCUT2D eigenvalue weighted by atomic mass is 19.3. The van der Waals surface area contributed by atoms with Crippen LogP contribution in [0.15, 0.2) is 24.3 Å². The Labute approximate surface area is 109 Å². The Hall–Kier alpha value is -1.65. The van der Waals surface area contributed by atoms with Crippen molar-refractivity contribution >= 4 is 5.97 Å². The second-order valence-electron chi connectivity index (χ2n) is 5.70. The Morgan fingerprint density at radius 2 is 1.79 bits per heavy atom. The summed E-state index contributed by atoms with van der Waals surface area (Å²) in [5.74, 6) is -3.39. The summed E-state index contributed by atoms with van der Waals surface area (Å²) in [6.07, 6.45) is 0.233. The molecule has 19 heavy (non-hydrogen) atoms. The minimum atomic E-state index is -2.98. The van der Waals surface area contributed by atoms with Crippen LogP contribution in [0.3, 0.4) is 0 Å². The second kappa shape index (κ2) is 3.46. The van der Waals surface area contributed by atoms with E-state index in [2.05, 4.69) is 0 Å². The lowest BCUT2D eigenvalue weighted by Crippen LogP contribution is -2.70. The van der Waals surface area contributed by atoms with Crippen molar-refractivity contribution in [3.63, 3.8) is 0 Å². The third-order valence-electron chi connectivity index (χ3n) is 4.60. The molecule has 4 rings (SSSR count). The highest BCUT2D eigenvalue weighted by molar-refractivity contribution is 5.79. The molecule has 3 nitrogen and oxygen atoms in total. The summed E-state index contributed by atoms with van der Waals surface area (Å²) in [6, 6.07) is 5.71. The first-order chi connectivity index (χ1) is 8.85. The van der Waals surface area contributed by atoms with Gasteiger partial charge in [0.2, 0.25) is 0 Å². The number of benzene rings is 1. The van der Waals surface area contributed by atoms with Crippen LogP contribution in [-0.4, -0.2) is 18.2 Å². The van der Waals surface area contributed by atoms with Gasteiger partial charge >= 0.3 is 5.97 Å². The molecule has 3 aliphatic carbocycles. The van der Waals surface area contributed by atoms with E-state index in [1.807, 2.05) is 0 Å². The molecule has 0 saturated heterocycles. The van der Waals surface area contributed by atoms with E-state index in [1.54, 1.807) is 0 Å². The summed E-state index contributed by atoms with van der Waals surface area (Å²) in [5, 5.41) is 8.99. The zero-order chi connectivity index (χ0) is 13.9. The molecule has 3 fully saturated rings. The van der Waals surface area contributed by atoms with Crippen molar-refractivity contribution in [2.24, 2.45) is 10.8 Å². The van der Waals surface area contributed by atoms with E-state index < -0.39 is 22.7 Å². The van der Waals surface area contributed by atoms with Crippen LogP contribution in [-0.2, 0) is 10.7 Å². The number of carboxylic acids is 1. The topological polar surface area (TPSA) is 46.5 Å². The molecule has 0 atom stereocenters. The van der Waals surface area contributed by atoms with Gasteiger partial charge in [0.05, 0.1) is 12.5 Å². The predicted octanol–water partition coefficient (Wildman–Crippen LogP) is 3.04. The lowest BCUT2D eigenvalue weighted by atomic mass is 9.33. The monoisotopic (exact) mass is 268 g/mol. The fourth-order valence-corrected chi connectivity index (χ4v) is 3.45. The molecule has 3 aliphatic rings. The molecule has 1 aromatic rings. The van der Waals surface area contributed by atoms with Crippen LogP contribution in [0.4, 0.5) is 8.78 Å². The molecule has 0 amide bonds. The van der Waals surface area contributed by atoms with Crippen LogP contribution < -0.4 is 4.74 Å². The van der Waals surface area contributed by atoms with Crippen molar-refractivity contribution in [3.05, 3.63) is 29.8 Å². The van der Waals surface area contributed by atoms with E-state index in [9.17, 15) is 13.6 Å². The van der Waals surface area contributed by atoms with Crippen molar-refractivity contribution in [2.75, 3.05) is 7.11 Å². The number of rotatable bonds is 4. The molecule has 0 radical (unpaired) electrons. The van der Waals surface area contributed by atoms with E-state index in [-0.39, 0.29) is 24.8 Å². The summed E-state index contributed by atoms with van der Waals surface area (Å²) in [5.41, 5.74) is -2.09. The molecule has 1 aromatic carbocycles. The summed E-state index contributed by atoms with van der Waals surface area (Å²) in [4.78, 5) is 11.0. The highest BCUT2D eigenvalue weighted by Gasteiger charge is 2.80. The van der Waals surface area contributed by atoms with Crippen LogP contribution in [0, 0.1) is 10.8 Å². The molecule has 2 bridgehead atoms. The number of carboxylic acid groups (broad SMARTS) is 1. The maximum absolute atomic E-state index is 14.5. The van der Waals surface area contributed by atoms with Gasteiger partial charge in [0.15, 0.2) is 0 Å². The maximum atomic E-state index is 14.5. The highest BCUT2D eigenvalue weighted by Crippen LogP contribution is 2.80. The van der Waals surface area contributed by atoms with Crippen LogP contribution in [0.5, 0.6) is 5.75 Å². The quantitative estimate of drug-likeness (QED) is 0.913. The van der Waals surface area contributed by atoms with Gasteiger partial charge in [-0.2, -0.15) is 0 Å². The van der Waals surface area contributed by atoms with E-state index >= 15 is 0 Å². The fourth-order valence-electron chi connectivity index (χ4n) is 3.45. The minimum absolute atomic E-state index is 0.0630. The third kappa shape index (κ3) is 1.38. The van der Waals surface area contributed by atoms with Gasteiger partial charge in [0, 0.05) is 11.0 Å². The molecular weight excluding hydrogens is 254 g/mol. The molecule has 1 N–H and O–H groups in total. The molecule has 102 valence electrons. The zero-order valence-electron chi connectivity index (χ0n) is 10.5. The van der Waals surface area contributed by atoms with Gasteiger partial charge in [-0.05, 0) is 43.5 Å². The molecule has 3 saturated carbocycles. The predicted molar refractivity (Wildman–Crippen MR) is 63.2 cm³/mol. The molecule has 5 heteroatoms. The Balaban J connectivity index is 1.83. The molecular formula is C14H14F2O3. The first-order valence-electron chi connectivity index (χ1n) is 6.11. The lowest BCUT2D eigenvalue weighted by molar-refractivity contribution is -0.314. The summed E-state index contributed by atoms with van der Waals surface area (Å²) >= 11 is 0. The Morgan fingerprint density at radius 1 is 1.26 bits per heavy atom. The van der Waals surface area contributed by atoms with E-state index in [1.165, 1.54) is 31.4 Å². The molecule has 0 aromatic heterocycles. The molecule has 0 spiro atoms. The smallest absolute Gasteiger partial charge is 0.309 e. The van der Waals surface area contributed by atoms with E-state index in [0.717, 1.165) is 0 Å².